The molecule has 2 aromatic heterocycles. The molecule has 2 fully saturated rings. The number of anilines is 1. The van der Waals surface area contributed by atoms with Crippen LogP contribution in [0.3, 0.4) is 0 Å². The van der Waals surface area contributed by atoms with Gasteiger partial charge in [-0.25, -0.2) is 23.7 Å². The summed E-state index contributed by atoms with van der Waals surface area (Å²) < 4.78 is 71.0. The lowest BCUT2D eigenvalue weighted by Gasteiger charge is -2.36. The predicted molar refractivity (Wildman–Crippen MR) is 162 cm³/mol. The normalized spacial score (nSPS) is 15.4. The Kier molecular flexibility index (Phi) is 9.70. The third-order valence-electron chi connectivity index (χ3n) is 7.90. The van der Waals surface area contributed by atoms with E-state index in [1.165, 1.54) is 23.1 Å². The first kappa shape index (κ1) is 32.7. The van der Waals surface area contributed by atoms with Gasteiger partial charge in [-0.05, 0) is 49.1 Å². The highest BCUT2D eigenvalue weighted by molar-refractivity contribution is 5.97. The molecule has 2 aromatic carbocycles. The molecule has 3 N–H and O–H groups in total. The summed E-state index contributed by atoms with van der Waals surface area (Å²) in [7, 11) is 0. The third kappa shape index (κ3) is 7.48. The average molecular weight is 670 g/mol. The minimum atomic E-state index is -3.08. The molecule has 252 valence electrons. The monoisotopic (exact) mass is 669 g/mol. The first-order valence-electron chi connectivity index (χ1n) is 15.2. The smallest absolute Gasteiger partial charge is 0.387 e. The molecule has 1 aliphatic carbocycles. The van der Waals surface area contributed by atoms with Crippen molar-refractivity contribution in [2.45, 2.75) is 32.0 Å². The number of ether oxygens (including phenoxy) is 2. The van der Waals surface area contributed by atoms with Crippen LogP contribution < -0.4 is 25.4 Å². The number of benzene rings is 2. The summed E-state index contributed by atoms with van der Waals surface area (Å²) in [4.78, 5) is 43.6. The first-order valence-corrected chi connectivity index (χ1v) is 15.2. The van der Waals surface area contributed by atoms with Gasteiger partial charge in [0.05, 0.1) is 13.2 Å². The topological polar surface area (TPSA) is 149 Å². The molecule has 3 heterocycles. The van der Waals surface area contributed by atoms with E-state index < -0.39 is 36.1 Å². The van der Waals surface area contributed by atoms with Gasteiger partial charge in [0.15, 0.2) is 23.0 Å². The van der Waals surface area contributed by atoms with Crippen LogP contribution in [0.4, 0.5) is 23.5 Å². The molecule has 0 bridgehead atoms. The van der Waals surface area contributed by atoms with Crippen LogP contribution in [0.2, 0.25) is 0 Å². The number of rotatable bonds is 12. The van der Waals surface area contributed by atoms with Crippen molar-refractivity contribution >= 4 is 17.8 Å². The highest BCUT2D eigenvalue weighted by Gasteiger charge is 2.34. The fourth-order valence-electron chi connectivity index (χ4n) is 5.20. The van der Waals surface area contributed by atoms with Crippen molar-refractivity contribution in [3.63, 3.8) is 0 Å². The number of carbonyl (C=O) groups is 2. The van der Waals surface area contributed by atoms with E-state index in [0.29, 0.717) is 37.6 Å². The summed E-state index contributed by atoms with van der Waals surface area (Å²) in [5.74, 6) is -2.91. The summed E-state index contributed by atoms with van der Waals surface area (Å²) in [5, 5.41) is 2.53. The molecule has 1 saturated carbocycles. The maximum absolute atomic E-state index is 15.1. The number of nitrogens with one attached hydrogen (secondary N) is 1. The maximum atomic E-state index is 15.1. The van der Waals surface area contributed by atoms with Gasteiger partial charge in [0.2, 0.25) is 17.7 Å². The number of amides is 2. The first-order chi connectivity index (χ1) is 23.2. The Hall–Kier alpha value is -5.25. The second-order valence-corrected chi connectivity index (χ2v) is 11.2. The Bertz CT molecular complexity index is 1770. The van der Waals surface area contributed by atoms with E-state index in [-0.39, 0.29) is 59.6 Å². The van der Waals surface area contributed by atoms with Crippen LogP contribution in [-0.4, -0.2) is 71.1 Å². The summed E-state index contributed by atoms with van der Waals surface area (Å²) in [6.07, 6.45) is 5.14. The number of piperazine rings is 1. The second kappa shape index (κ2) is 14.3. The number of alkyl halides is 2. The van der Waals surface area contributed by atoms with Gasteiger partial charge in [-0.3, -0.25) is 9.59 Å². The number of oxazole rings is 1. The van der Waals surface area contributed by atoms with Crippen LogP contribution in [0.5, 0.6) is 11.5 Å². The van der Waals surface area contributed by atoms with E-state index in [0.717, 1.165) is 25.0 Å². The van der Waals surface area contributed by atoms with Crippen molar-refractivity contribution < 1.29 is 41.0 Å². The van der Waals surface area contributed by atoms with Gasteiger partial charge in [-0.2, -0.15) is 8.78 Å². The van der Waals surface area contributed by atoms with Gasteiger partial charge >= 0.3 is 6.61 Å². The largest absolute Gasteiger partial charge is 0.489 e. The Morgan fingerprint density at radius 2 is 1.77 bits per heavy atom. The van der Waals surface area contributed by atoms with Crippen molar-refractivity contribution in [1.29, 1.82) is 0 Å². The van der Waals surface area contributed by atoms with Gasteiger partial charge in [0.1, 0.15) is 17.7 Å². The fourth-order valence-corrected chi connectivity index (χ4v) is 5.20. The molecular formula is C32H31F4N7O5. The van der Waals surface area contributed by atoms with E-state index >= 15 is 4.39 Å². The second-order valence-electron chi connectivity index (χ2n) is 11.2. The summed E-state index contributed by atoms with van der Waals surface area (Å²) in [5.41, 5.74) is 5.59. The SMILES string of the molecule is NCc1oc(-c2ccc(OC(F)F)c(OCC3CC3)c2)nc1C(=O)NC(C(=O)N1CCN(c2ncccn2)CC1)c1ccc(F)cc1F. The van der Waals surface area contributed by atoms with Gasteiger partial charge < -0.3 is 34.7 Å². The van der Waals surface area contributed by atoms with Crippen molar-refractivity contribution in [3.8, 4) is 23.0 Å². The minimum absolute atomic E-state index is 0.0366. The molecule has 4 aromatic rings. The van der Waals surface area contributed by atoms with Gasteiger partial charge in [0, 0.05) is 55.8 Å². The van der Waals surface area contributed by atoms with Crippen molar-refractivity contribution in [3.05, 3.63) is 83.5 Å². The summed E-state index contributed by atoms with van der Waals surface area (Å²) in [6, 6.07) is 6.89. The van der Waals surface area contributed by atoms with Crippen LogP contribution in [0.25, 0.3) is 11.5 Å². The molecular weight excluding hydrogens is 638 g/mol. The molecule has 0 spiro atoms. The van der Waals surface area contributed by atoms with E-state index in [1.807, 2.05) is 4.90 Å². The molecule has 0 radical (unpaired) electrons. The Balaban J connectivity index is 1.25. The van der Waals surface area contributed by atoms with Crippen molar-refractivity contribution in [1.82, 2.24) is 25.2 Å². The lowest BCUT2D eigenvalue weighted by atomic mass is 10.0. The van der Waals surface area contributed by atoms with E-state index in [4.69, 9.17) is 14.9 Å². The van der Waals surface area contributed by atoms with Gasteiger partial charge in [-0.1, -0.05) is 6.07 Å². The zero-order valence-electron chi connectivity index (χ0n) is 25.5. The zero-order valence-corrected chi connectivity index (χ0v) is 25.5. The zero-order chi connectivity index (χ0) is 33.8. The molecule has 1 atom stereocenters. The van der Waals surface area contributed by atoms with E-state index in [1.54, 1.807) is 18.5 Å². The fraction of sp³-hybridized carbons (Fsp3) is 0.344. The molecule has 48 heavy (non-hydrogen) atoms. The maximum Gasteiger partial charge on any atom is 0.387 e. The lowest BCUT2D eigenvalue weighted by molar-refractivity contribution is -0.133. The molecule has 12 nitrogen and oxygen atoms in total. The van der Waals surface area contributed by atoms with Crippen LogP contribution in [-0.2, 0) is 11.3 Å². The van der Waals surface area contributed by atoms with Crippen LogP contribution in [0.1, 0.15) is 40.7 Å². The number of nitrogens with two attached hydrogens (primary N) is 1. The highest BCUT2D eigenvalue weighted by Crippen LogP contribution is 2.37. The number of nitrogens with zero attached hydrogens (tertiary/aromatic N) is 5. The average Bonchev–Trinajstić information content (AvgIpc) is 3.82. The highest BCUT2D eigenvalue weighted by atomic mass is 19.3. The predicted octanol–water partition coefficient (Wildman–Crippen LogP) is 4.08. The summed E-state index contributed by atoms with van der Waals surface area (Å²) in [6.45, 7) is -1.88. The van der Waals surface area contributed by atoms with Crippen molar-refractivity contribution in [2.24, 2.45) is 11.7 Å². The number of aromatic nitrogens is 3. The molecule has 16 heteroatoms. The third-order valence-corrected chi connectivity index (χ3v) is 7.90. The minimum Gasteiger partial charge on any atom is -0.489 e. The molecule has 1 unspecified atom stereocenters. The van der Waals surface area contributed by atoms with Gasteiger partial charge in [0.25, 0.3) is 5.91 Å². The van der Waals surface area contributed by atoms with E-state index in [2.05, 4.69) is 25.0 Å². The molecule has 6 rings (SSSR count). The van der Waals surface area contributed by atoms with Crippen LogP contribution in [0.15, 0.2) is 59.3 Å². The Morgan fingerprint density at radius 1 is 1.02 bits per heavy atom. The Morgan fingerprint density at radius 3 is 2.44 bits per heavy atom. The number of hydrogen-bond acceptors (Lipinski definition) is 10. The van der Waals surface area contributed by atoms with Crippen molar-refractivity contribution in [2.75, 3.05) is 37.7 Å². The number of halogens is 4. The molecule has 2 amide bonds. The molecule has 1 aliphatic heterocycles. The quantitative estimate of drug-likeness (QED) is 0.212. The lowest BCUT2D eigenvalue weighted by Crippen LogP contribution is -2.52. The van der Waals surface area contributed by atoms with E-state index in [9.17, 15) is 22.8 Å². The van der Waals surface area contributed by atoms with Crippen LogP contribution in [0, 0.1) is 17.6 Å². The summed E-state index contributed by atoms with van der Waals surface area (Å²) >= 11 is 0. The molecule has 2 aliphatic rings. The van der Waals surface area contributed by atoms with Gasteiger partial charge in [-0.15, -0.1) is 0 Å². The standard InChI is InChI=1S/C32H31F4N7O5/c33-20-5-6-21(22(34)15-20)26(30(45)42-10-12-43(13-11-42)32-38-8-1-9-39-32)40-28(44)27-25(16-37)47-29(41-27)19-4-7-23(48-31(35)36)24(14-19)46-17-18-2-3-18/h1,4-9,14-15,18,26,31H,2-3,10-13,16-17,37H2,(H,40,44). The number of carbonyl (C=O) groups excluding carboxylic acids is 2. The van der Waals surface area contributed by atoms with Crippen LogP contribution >= 0.6 is 0 Å². The molecule has 1 saturated heterocycles. The number of hydrogen-bond donors (Lipinski definition) is 2. The Labute approximate surface area is 271 Å².